The van der Waals surface area contributed by atoms with Gasteiger partial charge in [-0.05, 0) is 38.8 Å². The van der Waals surface area contributed by atoms with Gasteiger partial charge in [-0.2, -0.15) is 5.10 Å². The Morgan fingerprint density at radius 3 is 2.50 bits per heavy atom. The fourth-order valence-corrected chi connectivity index (χ4v) is 7.08. The monoisotopic (exact) mass is 567 g/mol. The van der Waals surface area contributed by atoms with Crippen LogP contribution in [-0.4, -0.2) is 70.4 Å². The van der Waals surface area contributed by atoms with Crippen LogP contribution < -0.4 is 9.62 Å². The van der Waals surface area contributed by atoms with Crippen molar-refractivity contribution in [3.63, 3.8) is 0 Å². The molecule has 1 amide bonds. The summed E-state index contributed by atoms with van der Waals surface area (Å²) >= 11 is 0.733. The van der Waals surface area contributed by atoms with E-state index < -0.39 is 27.0 Å². The zero-order valence-corrected chi connectivity index (χ0v) is 23.5. The molecule has 1 unspecified atom stereocenters. The molecule has 206 valence electrons. The third kappa shape index (κ3) is 4.89. The van der Waals surface area contributed by atoms with Gasteiger partial charge in [-0.25, -0.2) is 21.9 Å². The van der Waals surface area contributed by atoms with Crippen LogP contribution in [0, 0.1) is 5.92 Å². The van der Waals surface area contributed by atoms with Crippen molar-refractivity contribution in [2.24, 2.45) is 13.0 Å². The Hall–Kier alpha value is -2.71. The quantitative estimate of drug-likeness (QED) is 0.465. The minimum Gasteiger partial charge on any atom is -0.363 e. The Labute approximate surface area is 224 Å². The number of aryl methyl sites for hydroxylation is 1. The molecule has 0 bridgehead atoms. The number of nitrogens with one attached hydrogen (secondary N) is 1. The van der Waals surface area contributed by atoms with E-state index in [0.717, 1.165) is 24.2 Å². The molecule has 1 saturated carbocycles. The van der Waals surface area contributed by atoms with Gasteiger partial charge >= 0.3 is 0 Å². The predicted molar refractivity (Wildman–Crippen MR) is 141 cm³/mol. The number of alkyl halides is 2. The molecule has 1 aliphatic heterocycles. The highest BCUT2D eigenvalue weighted by Gasteiger charge is 2.42. The third-order valence-electron chi connectivity index (χ3n) is 7.16. The SMILES string of the molecule is CC(C)C(=O)N1CCN(c2cc(S(=O)(=O)NC3(C)CC3)cc3c(-c4nnc(C(F)F)s4)nn(C)c23)C(C)C1. The number of sulfonamides is 1. The van der Waals surface area contributed by atoms with Crippen LogP contribution in [0.3, 0.4) is 0 Å². The Morgan fingerprint density at radius 2 is 1.92 bits per heavy atom. The zero-order valence-electron chi connectivity index (χ0n) is 21.9. The van der Waals surface area contributed by atoms with Gasteiger partial charge in [-0.1, -0.05) is 25.2 Å². The highest BCUT2D eigenvalue weighted by atomic mass is 32.2. The molecule has 2 aromatic heterocycles. The van der Waals surface area contributed by atoms with Gasteiger partial charge in [-0.3, -0.25) is 9.48 Å². The van der Waals surface area contributed by atoms with Gasteiger partial charge in [0.15, 0.2) is 10.0 Å². The molecule has 0 spiro atoms. The minimum atomic E-state index is -3.89. The second-order valence-corrected chi connectivity index (χ2v) is 13.4. The number of aromatic nitrogens is 4. The minimum absolute atomic E-state index is 0.0638. The molecule has 5 rings (SSSR count). The van der Waals surface area contributed by atoms with Gasteiger partial charge in [0.05, 0.1) is 16.1 Å². The number of fused-ring (bicyclic) bond motifs is 1. The van der Waals surface area contributed by atoms with E-state index in [1.54, 1.807) is 17.8 Å². The summed E-state index contributed by atoms with van der Waals surface area (Å²) in [5.74, 6) is -0.0396. The Bertz CT molecular complexity index is 1500. The van der Waals surface area contributed by atoms with E-state index in [4.69, 9.17) is 0 Å². The lowest BCUT2D eigenvalue weighted by Crippen LogP contribution is -2.54. The first kappa shape index (κ1) is 26.9. The summed E-state index contributed by atoms with van der Waals surface area (Å²) in [5.41, 5.74) is 1.12. The second-order valence-electron chi connectivity index (χ2n) is 10.7. The van der Waals surface area contributed by atoms with Crippen molar-refractivity contribution in [1.82, 2.24) is 29.6 Å². The summed E-state index contributed by atoms with van der Waals surface area (Å²) < 4.78 is 57.9. The van der Waals surface area contributed by atoms with Gasteiger partial charge in [0.25, 0.3) is 6.43 Å². The van der Waals surface area contributed by atoms with Crippen molar-refractivity contribution in [2.75, 3.05) is 24.5 Å². The smallest absolute Gasteiger partial charge is 0.291 e. The summed E-state index contributed by atoms with van der Waals surface area (Å²) in [4.78, 5) is 16.6. The van der Waals surface area contributed by atoms with E-state index in [-0.39, 0.29) is 27.8 Å². The molecule has 1 saturated heterocycles. The first-order chi connectivity index (χ1) is 17.8. The maximum atomic E-state index is 13.5. The maximum Gasteiger partial charge on any atom is 0.291 e. The summed E-state index contributed by atoms with van der Waals surface area (Å²) in [6.07, 6.45) is -1.26. The Balaban J connectivity index is 1.64. The molecule has 1 atom stereocenters. The number of carbonyl (C=O) groups excluding carboxylic acids is 1. The fraction of sp³-hybridized carbons (Fsp3) is 0.583. The van der Waals surface area contributed by atoms with E-state index in [1.165, 1.54) is 6.07 Å². The van der Waals surface area contributed by atoms with Crippen molar-refractivity contribution in [3.05, 3.63) is 17.1 Å². The summed E-state index contributed by atoms with van der Waals surface area (Å²) in [5, 5.41) is 12.3. The first-order valence-corrected chi connectivity index (χ1v) is 14.8. The third-order valence-corrected chi connectivity index (χ3v) is 9.71. The molecule has 10 nitrogen and oxygen atoms in total. The number of piperazine rings is 1. The molecule has 38 heavy (non-hydrogen) atoms. The van der Waals surface area contributed by atoms with Crippen LogP contribution in [0.1, 0.15) is 52.0 Å². The standard InChI is InChI=1S/C24H31F2N7O3S2/c1-13(2)23(34)32-8-9-33(14(3)12-32)17-11-15(38(35,36)30-24(4)6-7-24)10-16-18(29-31(5)19(16)17)21-27-28-22(37-21)20(25)26/h10-11,13-14,20,30H,6-9,12H2,1-5H3. The van der Waals surface area contributed by atoms with Gasteiger partial charge in [0.2, 0.25) is 15.9 Å². The highest BCUT2D eigenvalue weighted by Crippen LogP contribution is 2.41. The number of halogens is 2. The average molecular weight is 568 g/mol. The fourth-order valence-electron chi connectivity index (χ4n) is 4.87. The van der Waals surface area contributed by atoms with Crippen molar-refractivity contribution < 1.29 is 22.0 Å². The number of nitrogens with zero attached hydrogens (tertiary/aromatic N) is 6. The molecule has 1 aromatic carbocycles. The summed E-state index contributed by atoms with van der Waals surface area (Å²) in [6, 6.07) is 3.07. The van der Waals surface area contributed by atoms with E-state index in [9.17, 15) is 22.0 Å². The molecule has 0 radical (unpaired) electrons. The van der Waals surface area contributed by atoms with Crippen molar-refractivity contribution in [1.29, 1.82) is 0 Å². The normalized spacial score (nSPS) is 19.7. The van der Waals surface area contributed by atoms with Gasteiger partial charge < -0.3 is 9.80 Å². The van der Waals surface area contributed by atoms with Crippen LogP contribution in [0.15, 0.2) is 17.0 Å². The maximum absolute atomic E-state index is 13.5. The number of carbonyl (C=O) groups is 1. The van der Waals surface area contributed by atoms with Crippen LogP contribution >= 0.6 is 11.3 Å². The number of amides is 1. The number of hydrogen-bond acceptors (Lipinski definition) is 8. The topological polar surface area (TPSA) is 113 Å². The van der Waals surface area contributed by atoms with Crippen LogP contribution in [-0.2, 0) is 21.9 Å². The molecule has 1 N–H and O–H groups in total. The van der Waals surface area contributed by atoms with Crippen LogP contribution in [0.5, 0.6) is 0 Å². The Morgan fingerprint density at radius 1 is 1.21 bits per heavy atom. The van der Waals surface area contributed by atoms with Crippen LogP contribution in [0.25, 0.3) is 21.6 Å². The average Bonchev–Trinajstić information content (AvgIpc) is 3.23. The second kappa shape index (κ2) is 9.49. The van der Waals surface area contributed by atoms with Gasteiger partial charge in [0, 0.05) is 49.6 Å². The van der Waals surface area contributed by atoms with E-state index in [0.29, 0.717) is 41.9 Å². The van der Waals surface area contributed by atoms with E-state index in [1.807, 2.05) is 32.6 Å². The largest absolute Gasteiger partial charge is 0.363 e. The predicted octanol–water partition coefficient (Wildman–Crippen LogP) is 3.55. The van der Waals surface area contributed by atoms with E-state index in [2.05, 4.69) is 24.9 Å². The first-order valence-electron chi connectivity index (χ1n) is 12.5. The number of benzene rings is 1. The van der Waals surface area contributed by atoms with Gasteiger partial charge in [-0.15, -0.1) is 10.2 Å². The number of anilines is 1. The molecule has 1 aliphatic carbocycles. The molecule has 3 heterocycles. The lowest BCUT2D eigenvalue weighted by atomic mass is 10.1. The molecule has 2 fully saturated rings. The summed E-state index contributed by atoms with van der Waals surface area (Å²) in [7, 11) is -2.16. The molecule has 3 aromatic rings. The van der Waals surface area contributed by atoms with Crippen LogP contribution in [0.2, 0.25) is 0 Å². The van der Waals surface area contributed by atoms with Gasteiger partial charge in [0.1, 0.15) is 5.69 Å². The van der Waals surface area contributed by atoms with Crippen molar-refractivity contribution in [3.8, 4) is 10.7 Å². The molecular formula is C24H31F2N7O3S2. The zero-order chi connectivity index (χ0) is 27.6. The lowest BCUT2D eigenvalue weighted by Gasteiger charge is -2.42. The number of hydrogen-bond donors (Lipinski definition) is 1. The molecule has 2 aliphatic rings. The van der Waals surface area contributed by atoms with Crippen LogP contribution in [0.4, 0.5) is 14.5 Å². The highest BCUT2D eigenvalue weighted by molar-refractivity contribution is 7.89. The summed E-state index contributed by atoms with van der Waals surface area (Å²) in [6.45, 7) is 9.08. The molecule has 14 heteroatoms. The van der Waals surface area contributed by atoms with Crippen molar-refractivity contribution >= 4 is 43.9 Å². The molecular weight excluding hydrogens is 536 g/mol. The van der Waals surface area contributed by atoms with E-state index >= 15 is 0 Å². The van der Waals surface area contributed by atoms with Crippen molar-refractivity contribution in [2.45, 2.75) is 63.4 Å². The Kier molecular flexibility index (Phi) is 6.71. The lowest BCUT2D eigenvalue weighted by molar-refractivity contribution is -0.135. The number of rotatable bonds is 7.